The first kappa shape index (κ1) is 41.3. The van der Waals surface area contributed by atoms with Crippen LogP contribution in [0.3, 0.4) is 0 Å². The molecule has 3 aliphatic heterocycles. The van der Waals surface area contributed by atoms with E-state index in [-0.39, 0.29) is 28.5 Å². The second kappa shape index (κ2) is 14.7. The van der Waals surface area contributed by atoms with Gasteiger partial charge in [-0.1, -0.05) is 146 Å². The van der Waals surface area contributed by atoms with Crippen molar-refractivity contribution in [2.45, 2.75) is 128 Å². The maximum atomic E-state index is 3.35. The molecule has 0 bridgehead atoms. The molecule has 0 saturated heterocycles. The van der Waals surface area contributed by atoms with Crippen molar-refractivity contribution in [3.05, 3.63) is 179 Å². The molecule has 6 aromatic rings. The highest BCUT2D eigenvalue weighted by molar-refractivity contribution is 7.00. The van der Waals surface area contributed by atoms with Crippen molar-refractivity contribution in [1.82, 2.24) is 0 Å². The fraction of sp³-hybridized carbons (Fsp3) is 0.323. The zero-order valence-corrected chi connectivity index (χ0v) is 40.2. The van der Waals surface area contributed by atoms with E-state index in [2.05, 4.69) is 215 Å². The molecule has 4 heteroatoms. The molecule has 0 aromatic heterocycles. The Morgan fingerprint density at radius 1 is 0.606 bits per heavy atom. The monoisotopic (exact) mass is 860 g/mol. The summed E-state index contributed by atoms with van der Waals surface area (Å²) in [7, 11) is 0. The molecule has 1 saturated carbocycles. The van der Waals surface area contributed by atoms with Gasteiger partial charge in [-0.05, 0) is 166 Å². The van der Waals surface area contributed by atoms with Crippen LogP contribution < -0.4 is 31.1 Å². The van der Waals surface area contributed by atoms with Gasteiger partial charge in [0.15, 0.2) is 0 Å². The lowest BCUT2D eigenvalue weighted by molar-refractivity contribution is 0.261. The number of nitrogens with zero attached hydrogens (tertiary/aromatic N) is 3. The van der Waals surface area contributed by atoms with Gasteiger partial charge in [0.2, 0.25) is 0 Å². The van der Waals surface area contributed by atoms with Crippen LogP contribution in [0.1, 0.15) is 134 Å². The molecule has 6 aliphatic rings. The van der Waals surface area contributed by atoms with Gasteiger partial charge in [0.25, 0.3) is 6.71 Å². The van der Waals surface area contributed by atoms with Crippen LogP contribution >= 0.6 is 0 Å². The quantitative estimate of drug-likeness (QED) is 0.129. The largest absolute Gasteiger partial charge is 0.334 e. The van der Waals surface area contributed by atoms with Gasteiger partial charge in [0.1, 0.15) is 0 Å². The van der Waals surface area contributed by atoms with Crippen molar-refractivity contribution in [2.24, 2.45) is 0 Å². The fourth-order valence-corrected chi connectivity index (χ4v) is 13.3. The van der Waals surface area contributed by atoms with Crippen molar-refractivity contribution >= 4 is 74.2 Å². The summed E-state index contributed by atoms with van der Waals surface area (Å²) in [5.41, 5.74) is 28.9. The van der Waals surface area contributed by atoms with Crippen LogP contribution in [-0.4, -0.2) is 12.3 Å². The molecule has 6 aromatic carbocycles. The van der Waals surface area contributed by atoms with Crippen LogP contribution in [0.4, 0.5) is 45.5 Å². The highest BCUT2D eigenvalue weighted by Gasteiger charge is 2.57. The van der Waals surface area contributed by atoms with Crippen molar-refractivity contribution < 1.29 is 0 Å². The molecule has 3 aliphatic carbocycles. The van der Waals surface area contributed by atoms with Crippen LogP contribution in [0.5, 0.6) is 0 Å². The first-order chi connectivity index (χ1) is 31.8. The Balaban J connectivity index is 1.23. The summed E-state index contributed by atoms with van der Waals surface area (Å²) >= 11 is 0. The molecule has 0 amide bonds. The summed E-state index contributed by atoms with van der Waals surface area (Å²) in [5, 5.41) is 0. The maximum absolute atomic E-state index is 3.35. The predicted octanol–water partition coefficient (Wildman–Crippen LogP) is 14.6. The van der Waals surface area contributed by atoms with E-state index < -0.39 is 0 Å². The molecule has 0 spiro atoms. The third kappa shape index (κ3) is 5.90. The summed E-state index contributed by atoms with van der Waals surface area (Å²) in [6.45, 7) is 19.6. The molecule has 0 radical (unpaired) electrons. The topological polar surface area (TPSA) is 9.72 Å². The van der Waals surface area contributed by atoms with Crippen molar-refractivity contribution in [3.8, 4) is 0 Å². The Morgan fingerprint density at radius 3 is 2.11 bits per heavy atom. The molecule has 1 fully saturated rings. The molecule has 12 rings (SSSR count). The maximum Gasteiger partial charge on any atom is 0.252 e. The third-order valence-electron chi connectivity index (χ3n) is 17.2. The van der Waals surface area contributed by atoms with Crippen LogP contribution in [-0.2, 0) is 16.2 Å². The number of allylic oxidation sites excluding steroid dienone is 4. The van der Waals surface area contributed by atoms with Gasteiger partial charge in [-0.2, -0.15) is 0 Å². The lowest BCUT2D eigenvalue weighted by Gasteiger charge is -2.49. The predicted molar refractivity (Wildman–Crippen MR) is 281 cm³/mol. The van der Waals surface area contributed by atoms with E-state index in [1.165, 1.54) is 128 Å². The molecule has 66 heavy (non-hydrogen) atoms. The van der Waals surface area contributed by atoms with Gasteiger partial charge < -0.3 is 14.7 Å². The Hall–Kier alpha value is -6.18. The molecule has 3 atom stereocenters. The lowest BCUT2D eigenvalue weighted by atomic mass is 9.33. The number of rotatable bonds is 4. The normalized spacial score (nSPS) is 23.0. The van der Waals surface area contributed by atoms with Crippen molar-refractivity contribution in [3.63, 3.8) is 0 Å². The van der Waals surface area contributed by atoms with Gasteiger partial charge in [0, 0.05) is 50.8 Å². The zero-order chi connectivity index (χ0) is 45.3. The number of fused-ring (bicyclic) bond motifs is 8. The average Bonchev–Trinajstić information content (AvgIpc) is 3.39. The lowest BCUT2D eigenvalue weighted by Crippen LogP contribution is -2.62. The van der Waals surface area contributed by atoms with Gasteiger partial charge in [-0.25, -0.2) is 0 Å². The highest BCUT2D eigenvalue weighted by Crippen LogP contribution is 2.61. The number of para-hydroxylation sites is 3. The highest BCUT2D eigenvalue weighted by atomic mass is 15.3. The smallest absolute Gasteiger partial charge is 0.252 e. The molecular formula is C62H62BN3. The van der Waals surface area contributed by atoms with E-state index >= 15 is 0 Å². The Kier molecular flexibility index (Phi) is 9.17. The van der Waals surface area contributed by atoms with E-state index in [1.54, 1.807) is 0 Å². The molecule has 3 unspecified atom stereocenters. The van der Waals surface area contributed by atoms with Crippen LogP contribution in [0, 0.1) is 0 Å². The Morgan fingerprint density at radius 2 is 1.33 bits per heavy atom. The summed E-state index contributed by atoms with van der Waals surface area (Å²) in [4.78, 5) is 8.10. The summed E-state index contributed by atoms with van der Waals surface area (Å²) in [5.74, 6) is 0.464. The van der Waals surface area contributed by atoms with Crippen LogP contribution in [0.15, 0.2) is 151 Å². The van der Waals surface area contributed by atoms with Gasteiger partial charge in [-0.15, -0.1) is 0 Å². The third-order valence-corrected chi connectivity index (χ3v) is 17.2. The molecule has 3 nitrogen and oxygen atoms in total. The SMILES string of the molecule is CC1CCC(C)(C)c2cc3c(cc21)N(c1ccc(C(C)(C)C)cc1C1=CC=C=C=C1)c1cc(N2c4ccccc4C4(C)CCCCCC24C)cc2c1B3c1ccccc1N2c1ccccc1. The molecule has 3 heterocycles. The minimum atomic E-state index is -0.120. The number of hydrogen-bond donors (Lipinski definition) is 0. The van der Waals surface area contributed by atoms with E-state index in [9.17, 15) is 0 Å². The van der Waals surface area contributed by atoms with E-state index in [0.29, 0.717) is 5.92 Å². The molecule has 0 N–H and O–H groups in total. The summed E-state index contributed by atoms with van der Waals surface area (Å²) in [6.07, 6.45) is 14.9. The molecular weight excluding hydrogens is 798 g/mol. The first-order valence-electron chi connectivity index (χ1n) is 24.8. The Labute approximate surface area is 394 Å². The van der Waals surface area contributed by atoms with E-state index in [1.807, 2.05) is 6.08 Å². The van der Waals surface area contributed by atoms with Crippen molar-refractivity contribution in [2.75, 3.05) is 14.7 Å². The number of hydrogen-bond acceptors (Lipinski definition) is 3. The van der Waals surface area contributed by atoms with E-state index in [0.717, 1.165) is 12.0 Å². The molecule has 328 valence electrons. The average molecular weight is 860 g/mol. The Bertz CT molecular complexity index is 3130. The van der Waals surface area contributed by atoms with E-state index in [4.69, 9.17) is 0 Å². The van der Waals surface area contributed by atoms with Crippen LogP contribution in [0.25, 0.3) is 5.57 Å². The standard InChI is InChI=1S/C62H62BN3/c1-41-32-35-60(5,6)49-40-51-55(39-46(41)49)65(52-31-30-43(59(2,3)4)36-47(52)42-22-12-9-13-23-42)57-38-45(66-53-28-18-16-26-48(53)61(7)33-20-11-21-34-62(61,66)8)37-56-58(57)63(51)50-27-17-19-29-54(50)64(56)44-24-14-10-15-25-44/h10,12,14-19,22-31,36-41H,11,20-21,32-35H2,1-8H3. The number of anilines is 8. The van der Waals surface area contributed by atoms with Crippen molar-refractivity contribution in [1.29, 1.82) is 0 Å². The van der Waals surface area contributed by atoms with Gasteiger partial charge >= 0.3 is 0 Å². The second-order valence-electron chi connectivity index (χ2n) is 22.4. The number of benzene rings is 6. The summed E-state index contributed by atoms with van der Waals surface area (Å²) in [6, 6.07) is 47.6. The van der Waals surface area contributed by atoms with Crippen LogP contribution in [0.2, 0.25) is 0 Å². The van der Waals surface area contributed by atoms with Gasteiger partial charge in [0.05, 0.1) is 11.2 Å². The first-order valence-corrected chi connectivity index (χ1v) is 24.8. The zero-order valence-electron chi connectivity index (χ0n) is 40.2. The minimum absolute atomic E-state index is 0.00650. The minimum Gasteiger partial charge on any atom is -0.334 e. The second-order valence-corrected chi connectivity index (χ2v) is 22.4. The summed E-state index contributed by atoms with van der Waals surface area (Å²) < 4.78 is 0. The van der Waals surface area contributed by atoms with Gasteiger partial charge in [-0.3, -0.25) is 0 Å². The fourth-order valence-electron chi connectivity index (χ4n) is 13.3.